The summed E-state index contributed by atoms with van der Waals surface area (Å²) >= 11 is 1.76. The highest BCUT2D eigenvalue weighted by Crippen LogP contribution is 2.08. The molecular formula is C11H22N2O3S. The van der Waals surface area contributed by atoms with Crippen LogP contribution in [-0.2, 0) is 4.79 Å². The lowest BCUT2D eigenvalue weighted by Crippen LogP contribution is -2.41. The van der Waals surface area contributed by atoms with E-state index in [1.54, 1.807) is 25.7 Å². The van der Waals surface area contributed by atoms with Crippen LogP contribution in [0.3, 0.4) is 0 Å². The van der Waals surface area contributed by atoms with Gasteiger partial charge in [-0.05, 0) is 12.7 Å². The first kappa shape index (κ1) is 16.1. The second kappa shape index (κ2) is 8.22. The molecule has 0 rings (SSSR count). The van der Waals surface area contributed by atoms with Gasteiger partial charge < -0.3 is 15.3 Å². The molecule has 0 aromatic rings. The normalized spacial score (nSPS) is 13.9. The highest BCUT2D eigenvalue weighted by atomic mass is 32.2. The van der Waals surface area contributed by atoms with Crippen LogP contribution in [0.25, 0.3) is 0 Å². The van der Waals surface area contributed by atoms with Crippen molar-refractivity contribution in [1.29, 1.82) is 0 Å². The lowest BCUT2D eigenvalue weighted by atomic mass is 10.2. The number of nitrogens with one attached hydrogen (secondary N) is 1. The van der Waals surface area contributed by atoms with Crippen LogP contribution < -0.4 is 5.32 Å². The summed E-state index contributed by atoms with van der Waals surface area (Å²) in [6.45, 7) is 4.53. The molecule has 0 aromatic heterocycles. The summed E-state index contributed by atoms with van der Waals surface area (Å²) in [5.74, 6) is -1.43. The molecule has 0 aliphatic carbocycles. The van der Waals surface area contributed by atoms with Crippen LogP contribution >= 0.6 is 11.8 Å². The van der Waals surface area contributed by atoms with Gasteiger partial charge in [-0.2, -0.15) is 11.8 Å². The van der Waals surface area contributed by atoms with E-state index in [1.165, 1.54) is 4.90 Å². The van der Waals surface area contributed by atoms with E-state index in [0.717, 1.165) is 6.42 Å². The van der Waals surface area contributed by atoms with E-state index >= 15 is 0 Å². The first-order valence-corrected chi connectivity index (χ1v) is 6.91. The molecule has 0 saturated heterocycles. The molecule has 0 bridgehead atoms. The Morgan fingerprint density at radius 3 is 2.47 bits per heavy atom. The summed E-state index contributed by atoms with van der Waals surface area (Å²) in [6, 6.07) is -0.216. The molecule has 100 valence electrons. The first-order chi connectivity index (χ1) is 7.88. The Kier molecular flexibility index (Phi) is 7.78. The van der Waals surface area contributed by atoms with Crippen molar-refractivity contribution in [2.75, 3.05) is 26.4 Å². The Hall–Kier alpha value is -0.910. The first-order valence-electron chi connectivity index (χ1n) is 5.63. The van der Waals surface area contributed by atoms with Crippen LogP contribution in [0.5, 0.6) is 0 Å². The SMILES string of the molecule is CSC(C)CCNC(=O)N(C)CC(C)C(=O)O. The summed E-state index contributed by atoms with van der Waals surface area (Å²) in [5.41, 5.74) is 0. The van der Waals surface area contributed by atoms with Crippen LogP contribution in [0.4, 0.5) is 4.79 Å². The summed E-state index contributed by atoms with van der Waals surface area (Å²) < 4.78 is 0. The van der Waals surface area contributed by atoms with Gasteiger partial charge in [0.1, 0.15) is 0 Å². The molecule has 2 amide bonds. The molecule has 0 aromatic carbocycles. The van der Waals surface area contributed by atoms with Crippen LogP contribution in [0.2, 0.25) is 0 Å². The van der Waals surface area contributed by atoms with Crippen LogP contribution in [0, 0.1) is 5.92 Å². The molecule has 0 spiro atoms. The van der Waals surface area contributed by atoms with E-state index in [9.17, 15) is 9.59 Å². The molecule has 6 heteroatoms. The number of amides is 2. The van der Waals surface area contributed by atoms with Gasteiger partial charge in [0.25, 0.3) is 0 Å². The summed E-state index contributed by atoms with van der Waals surface area (Å²) in [6.07, 6.45) is 2.95. The third-order valence-corrected chi connectivity index (χ3v) is 3.59. The molecule has 2 unspecified atom stereocenters. The Morgan fingerprint density at radius 2 is 2.00 bits per heavy atom. The number of hydrogen-bond donors (Lipinski definition) is 2. The van der Waals surface area contributed by atoms with Gasteiger partial charge in [-0.25, -0.2) is 4.79 Å². The molecule has 0 fully saturated rings. The molecule has 0 aliphatic heterocycles. The smallest absolute Gasteiger partial charge is 0.317 e. The summed E-state index contributed by atoms with van der Waals surface area (Å²) in [5, 5.41) is 12.0. The Labute approximate surface area is 107 Å². The number of carbonyl (C=O) groups excluding carboxylic acids is 1. The van der Waals surface area contributed by atoms with Gasteiger partial charge in [0.15, 0.2) is 0 Å². The Morgan fingerprint density at radius 1 is 1.41 bits per heavy atom. The maximum atomic E-state index is 11.6. The third-order valence-electron chi connectivity index (χ3n) is 2.55. The number of thioether (sulfide) groups is 1. The van der Waals surface area contributed by atoms with Crippen molar-refractivity contribution in [1.82, 2.24) is 10.2 Å². The number of hydrogen-bond acceptors (Lipinski definition) is 3. The average Bonchev–Trinajstić information content (AvgIpc) is 2.28. The number of aliphatic carboxylic acids is 1. The van der Waals surface area contributed by atoms with Crippen molar-refractivity contribution in [3.8, 4) is 0 Å². The highest BCUT2D eigenvalue weighted by Gasteiger charge is 2.16. The lowest BCUT2D eigenvalue weighted by molar-refractivity contribution is -0.141. The van der Waals surface area contributed by atoms with E-state index < -0.39 is 11.9 Å². The van der Waals surface area contributed by atoms with Crippen molar-refractivity contribution in [2.45, 2.75) is 25.5 Å². The Bertz CT molecular complexity index is 261. The minimum Gasteiger partial charge on any atom is -0.481 e. The molecule has 2 N–H and O–H groups in total. The molecule has 17 heavy (non-hydrogen) atoms. The van der Waals surface area contributed by atoms with Crippen molar-refractivity contribution in [2.24, 2.45) is 5.92 Å². The quantitative estimate of drug-likeness (QED) is 0.729. The van der Waals surface area contributed by atoms with Crippen LogP contribution in [0.1, 0.15) is 20.3 Å². The topological polar surface area (TPSA) is 69.6 Å². The van der Waals surface area contributed by atoms with Gasteiger partial charge in [-0.3, -0.25) is 4.79 Å². The number of rotatable bonds is 7. The predicted octanol–water partition coefficient (Wildman–Crippen LogP) is 1.49. The number of carbonyl (C=O) groups is 2. The van der Waals surface area contributed by atoms with Crippen LogP contribution in [0.15, 0.2) is 0 Å². The molecule has 0 saturated carbocycles. The van der Waals surface area contributed by atoms with Gasteiger partial charge >= 0.3 is 12.0 Å². The monoisotopic (exact) mass is 262 g/mol. The second-order valence-electron chi connectivity index (χ2n) is 4.19. The van der Waals surface area contributed by atoms with Gasteiger partial charge in [0.2, 0.25) is 0 Å². The van der Waals surface area contributed by atoms with Crippen molar-refractivity contribution >= 4 is 23.8 Å². The Balaban J connectivity index is 3.86. The van der Waals surface area contributed by atoms with Crippen molar-refractivity contribution in [3.05, 3.63) is 0 Å². The second-order valence-corrected chi connectivity index (χ2v) is 5.46. The zero-order valence-corrected chi connectivity index (χ0v) is 11.7. The minimum absolute atomic E-state index is 0.216. The number of nitrogens with zero attached hydrogens (tertiary/aromatic N) is 1. The predicted molar refractivity (Wildman–Crippen MR) is 70.4 cm³/mol. The number of carboxylic acids is 1. The fourth-order valence-electron chi connectivity index (χ4n) is 1.21. The van der Waals surface area contributed by atoms with Gasteiger partial charge in [0, 0.05) is 25.4 Å². The van der Waals surface area contributed by atoms with E-state index in [2.05, 4.69) is 12.2 Å². The molecular weight excluding hydrogens is 240 g/mol. The zero-order chi connectivity index (χ0) is 13.4. The summed E-state index contributed by atoms with van der Waals surface area (Å²) in [7, 11) is 1.60. The van der Waals surface area contributed by atoms with E-state index in [-0.39, 0.29) is 12.6 Å². The third kappa shape index (κ3) is 7.10. The highest BCUT2D eigenvalue weighted by molar-refractivity contribution is 7.99. The fraction of sp³-hybridized carbons (Fsp3) is 0.818. The summed E-state index contributed by atoms with van der Waals surface area (Å²) in [4.78, 5) is 23.6. The largest absolute Gasteiger partial charge is 0.481 e. The molecule has 2 atom stereocenters. The fourth-order valence-corrected chi connectivity index (χ4v) is 1.56. The van der Waals surface area contributed by atoms with Crippen LogP contribution in [-0.4, -0.2) is 53.6 Å². The maximum absolute atomic E-state index is 11.6. The molecule has 0 aliphatic rings. The van der Waals surface area contributed by atoms with Gasteiger partial charge in [0.05, 0.1) is 5.92 Å². The molecule has 5 nitrogen and oxygen atoms in total. The average molecular weight is 262 g/mol. The van der Waals surface area contributed by atoms with Gasteiger partial charge in [-0.15, -0.1) is 0 Å². The standard InChI is InChI=1S/C11H22N2O3S/c1-8(10(14)15)7-13(3)11(16)12-6-5-9(2)17-4/h8-9H,5-7H2,1-4H3,(H,12,16)(H,14,15). The van der Waals surface area contributed by atoms with E-state index in [1.807, 2.05) is 6.26 Å². The van der Waals surface area contributed by atoms with Gasteiger partial charge in [-0.1, -0.05) is 13.8 Å². The van der Waals surface area contributed by atoms with Crippen molar-refractivity contribution in [3.63, 3.8) is 0 Å². The maximum Gasteiger partial charge on any atom is 0.317 e. The number of urea groups is 1. The lowest BCUT2D eigenvalue weighted by Gasteiger charge is -2.20. The van der Waals surface area contributed by atoms with E-state index in [0.29, 0.717) is 11.8 Å². The number of carboxylic acid groups (broad SMARTS) is 1. The zero-order valence-electron chi connectivity index (χ0n) is 10.9. The van der Waals surface area contributed by atoms with E-state index in [4.69, 9.17) is 5.11 Å². The minimum atomic E-state index is -0.888. The van der Waals surface area contributed by atoms with Crippen molar-refractivity contribution < 1.29 is 14.7 Å². The molecule has 0 heterocycles. The molecule has 0 radical (unpaired) electrons.